The predicted molar refractivity (Wildman–Crippen MR) is 49.1 cm³/mol. The van der Waals surface area contributed by atoms with Crippen molar-refractivity contribution in [1.29, 1.82) is 0 Å². The third kappa shape index (κ3) is 2.24. The highest BCUT2D eigenvalue weighted by Gasteiger charge is 1.96. The molecule has 0 N–H and O–H groups in total. The van der Waals surface area contributed by atoms with Crippen molar-refractivity contribution >= 4 is 23.8 Å². The second kappa shape index (κ2) is 4.17. The van der Waals surface area contributed by atoms with E-state index in [9.17, 15) is 9.59 Å². The monoisotopic (exact) mass is 173 g/mol. The van der Waals surface area contributed by atoms with Crippen LogP contribution in [0.1, 0.15) is 11.1 Å². The van der Waals surface area contributed by atoms with Gasteiger partial charge in [-0.2, -0.15) is 4.99 Å². The first-order chi connectivity index (χ1) is 6.27. The van der Waals surface area contributed by atoms with E-state index in [1.165, 1.54) is 12.2 Å². The molecule has 0 atom stereocenters. The molecule has 0 aromatic heterocycles. The Labute approximate surface area is 75.4 Å². The molecule has 0 spiro atoms. The zero-order valence-corrected chi connectivity index (χ0v) is 7.07. The van der Waals surface area contributed by atoms with Gasteiger partial charge in [0.1, 0.15) is 5.94 Å². The maximum Gasteiger partial charge on any atom is 0.240 e. The van der Waals surface area contributed by atoms with Gasteiger partial charge in [0, 0.05) is 6.08 Å². The van der Waals surface area contributed by atoms with Crippen LogP contribution in [0, 0.1) is 6.92 Å². The zero-order chi connectivity index (χ0) is 9.68. The first-order valence-electron chi connectivity index (χ1n) is 3.67. The molecule has 3 heteroatoms. The van der Waals surface area contributed by atoms with E-state index in [4.69, 9.17) is 0 Å². The molecule has 0 radical (unpaired) electrons. The molecule has 13 heavy (non-hydrogen) atoms. The van der Waals surface area contributed by atoms with Crippen molar-refractivity contribution in [3.8, 4) is 0 Å². The largest absolute Gasteiger partial charge is 0.240 e. The van der Waals surface area contributed by atoms with Crippen LogP contribution in [0.2, 0.25) is 0 Å². The molecule has 0 heterocycles. The van der Waals surface area contributed by atoms with Crippen LogP contribution < -0.4 is 0 Å². The van der Waals surface area contributed by atoms with Gasteiger partial charge in [0.2, 0.25) is 6.08 Å². The Bertz CT molecular complexity index is 411. The van der Waals surface area contributed by atoms with Crippen LogP contribution in [0.5, 0.6) is 0 Å². The number of aliphatic imine (C=N–C) groups is 1. The van der Waals surface area contributed by atoms with Crippen LogP contribution >= 0.6 is 0 Å². The van der Waals surface area contributed by atoms with Gasteiger partial charge < -0.3 is 0 Å². The van der Waals surface area contributed by atoms with Crippen molar-refractivity contribution in [3.05, 3.63) is 29.3 Å². The van der Waals surface area contributed by atoms with E-state index >= 15 is 0 Å². The summed E-state index contributed by atoms with van der Waals surface area (Å²) in [6, 6.07) is 5.16. The molecule has 0 aliphatic rings. The van der Waals surface area contributed by atoms with Crippen molar-refractivity contribution in [2.75, 3.05) is 0 Å². The summed E-state index contributed by atoms with van der Waals surface area (Å²) in [5.41, 5.74) is 2.07. The summed E-state index contributed by atoms with van der Waals surface area (Å²) in [6.45, 7) is 1.82. The quantitative estimate of drug-likeness (QED) is 0.389. The van der Waals surface area contributed by atoms with Crippen LogP contribution in [0.25, 0.3) is 6.08 Å². The molecule has 0 bridgehead atoms. The molecule has 1 aromatic rings. The van der Waals surface area contributed by atoms with Gasteiger partial charge in [-0.3, -0.25) is 0 Å². The Hall–Kier alpha value is -1.95. The SMILES string of the molecule is Cc1ccc(C=C=O)cc1N=C=O. The summed E-state index contributed by atoms with van der Waals surface area (Å²) < 4.78 is 0. The number of benzene rings is 1. The van der Waals surface area contributed by atoms with Gasteiger partial charge in [-0.05, 0) is 24.1 Å². The Balaban J connectivity index is 3.25. The van der Waals surface area contributed by atoms with Crippen molar-refractivity contribution < 1.29 is 9.59 Å². The molecule has 0 amide bonds. The molecule has 1 aromatic carbocycles. The lowest BCUT2D eigenvalue weighted by atomic mass is 10.1. The molecule has 0 saturated heterocycles. The van der Waals surface area contributed by atoms with E-state index in [1.54, 1.807) is 24.1 Å². The summed E-state index contributed by atoms with van der Waals surface area (Å²) in [7, 11) is 0. The van der Waals surface area contributed by atoms with Crippen LogP contribution in [0.4, 0.5) is 5.69 Å². The highest BCUT2D eigenvalue weighted by atomic mass is 16.1. The van der Waals surface area contributed by atoms with Crippen molar-refractivity contribution in [3.63, 3.8) is 0 Å². The first kappa shape index (κ1) is 9.14. The van der Waals surface area contributed by atoms with Crippen LogP contribution in [0.15, 0.2) is 23.2 Å². The van der Waals surface area contributed by atoms with Crippen molar-refractivity contribution in [2.24, 2.45) is 4.99 Å². The van der Waals surface area contributed by atoms with E-state index in [-0.39, 0.29) is 0 Å². The van der Waals surface area contributed by atoms with Gasteiger partial charge >= 0.3 is 0 Å². The topological polar surface area (TPSA) is 46.5 Å². The van der Waals surface area contributed by atoms with Crippen molar-refractivity contribution in [2.45, 2.75) is 6.92 Å². The number of rotatable bonds is 2. The van der Waals surface area contributed by atoms with Gasteiger partial charge in [0.05, 0.1) is 5.69 Å². The van der Waals surface area contributed by atoms with Gasteiger partial charge in [-0.15, -0.1) is 0 Å². The molecular weight excluding hydrogens is 166 g/mol. The van der Waals surface area contributed by atoms with Crippen LogP contribution in [-0.4, -0.2) is 12.0 Å². The lowest BCUT2D eigenvalue weighted by Crippen LogP contribution is -1.77. The number of hydrogen-bond acceptors (Lipinski definition) is 3. The summed E-state index contributed by atoms with van der Waals surface area (Å²) in [5.74, 6) is 1.66. The summed E-state index contributed by atoms with van der Waals surface area (Å²) in [5, 5.41) is 0. The Morgan fingerprint density at radius 3 is 2.77 bits per heavy atom. The molecule has 0 aliphatic heterocycles. The maximum atomic E-state index is 10.0. The molecule has 3 nitrogen and oxygen atoms in total. The molecule has 0 aliphatic carbocycles. The normalized spacial score (nSPS) is 8.38. The lowest BCUT2D eigenvalue weighted by Gasteiger charge is -1.97. The van der Waals surface area contributed by atoms with Crippen LogP contribution in [-0.2, 0) is 9.59 Å². The summed E-state index contributed by atoms with van der Waals surface area (Å²) >= 11 is 0. The van der Waals surface area contributed by atoms with E-state index in [1.807, 2.05) is 6.92 Å². The smallest absolute Gasteiger partial charge is 0.233 e. The molecule has 0 unspecified atom stereocenters. The second-order valence-corrected chi connectivity index (χ2v) is 2.51. The van der Waals surface area contributed by atoms with Crippen molar-refractivity contribution in [1.82, 2.24) is 0 Å². The minimum absolute atomic E-state index is 0.527. The van der Waals surface area contributed by atoms with Gasteiger partial charge in [-0.25, -0.2) is 9.59 Å². The fourth-order valence-corrected chi connectivity index (χ4v) is 0.954. The Morgan fingerprint density at radius 2 is 2.15 bits per heavy atom. The predicted octanol–water partition coefficient (Wildman–Crippen LogP) is 1.81. The lowest BCUT2D eigenvalue weighted by molar-refractivity contribution is 0.565. The number of hydrogen-bond donors (Lipinski definition) is 0. The third-order valence-corrected chi connectivity index (χ3v) is 1.62. The fraction of sp³-hybridized carbons (Fsp3) is 0.100. The van der Waals surface area contributed by atoms with E-state index in [2.05, 4.69) is 4.99 Å². The number of carbonyl (C=O) groups excluding carboxylic acids is 2. The molecule has 64 valence electrons. The second-order valence-electron chi connectivity index (χ2n) is 2.51. The number of aryl methyl sites for hydroxylation is 1. The molecule has 0 saturated carbocycles. The summed E-state index contributed by atoms with van der Waals surface area (Å²) in [4.78, 5) is 23.6. The number of isocyanates is 1. The highest BCUT2D eigenvalue weighted by molar-refractivity contribution is 5.76. The highest BCUT2D eigenvalue weighted by Crippen LogP contribution is 2.19. The summed E-state index contributed by atoms with van der Waals surface area (Å²) in [6.07, 6.45) is 2.74. The third-order valence-electron chi connectivity index (χ3n) is 1.62. The first-order valence-corrected chi connectivity index (χ1v) is 3.67. The number of nitrogens with zero attached hydrogens (tertiary/aromatic N) is 1. The van der Waals surface area contributed by atoms with E-state index in [0.717, 1.165) is 5.56 Å². The standard InChI is InChI=1S/C10H7NO2/c1-8-2-3-9(4-5-12)6-10(8)11-7-13/h2-4,6H,1H3. The van der Waals surface area contributed by atoms with Gasteiger partial charge in [0.15, 0.2) is 0 Å². The average molecular weight is 173 g/mol. The van der Waals surface area contributed by atoms with Gasteiger partial charge in [0.25, 0.3) is 0 Å². The van der Waals surface area contributed by atoms with E-state index < -0.39 is 0 Å². The zero-order valence-electron chi connectivity index (χ0n) is 7.07. The minimum atomic E-state index is 0.527. The molecule has 1 rings (SSSR count). The van der Waals surface area contributed by atoms with Gasteiger partial charge in [-0.1, -0.05) is 12.1 Å². The van der Waals surface area contributed by atoms with Crippen LogP contribution in [0.3, 0.4) is 0 Å². The van der Waals surface area contributed by atoms with E-state index in [0.29, 0.717) is 11.3 Å². The average Bonchev–Trinajstić information content (AvgIpc) is 2.12. The molecular formula is C10H7NO2. The maximum absolute atomic E-state index is 10.0. The Morgan fingerprint density at radius 1 is 1.38 bits per heavy atom. The minimum Gasteiger partial charge on any atom is -0.233 e. The fourth-order valence-electron chi connectivity index (χ4n) is 0.954. The Kier molecular flexibility index (Phi) is 2.93. The molecule has 0 fully saturated rings.